The van der Waals surface area contributed by atoms with Crippen molar-refractivity contribution in [1.82, 2.24) is 4.90 Å². The highest BCUT2D eigenvalue weighted by Gasteiger charge is 2.28. The van der Waals surface area contributed by atoms with Gasteiger partial charge < -0.3 is 15.0 Å². The number of morpholine rings is 1. The summed E-state index contributed by atoms with van der Waals surface area (Å²) in [5.41, 5.74) is 1.98. The average molecular weight is 275 g/mol. The van der Waals surface area contributed by atoms with E-state index in [0.29, 0.717) is 13.1 Å². The standard InChI is InChI=1S/C15H21N3O2/c1-2-17-7-8-20-12(10-17)11-18-14-6-4-3-5-13(14)16-9-15(18)19/h3-6,12,16H,2,7-11H2,1H3. The van der Waals surface area contributed by atoms with Crippen LogP contribution in [0.2, 0.25) is 0 Å². The first kappa shape index (κ1) is 13.4. The number of benzene rings is 1. The molecule has 1 aromatic rings. The maximum absolute atomic E-state index is 12.2. The van der Waals surface area contributed by atoms with E-state index in [1.165, 1.54) is 0 Å². The van der Waals surface area contributed by atoms with Crippen LogP contribution in [0.1, 0.15) is 6.92 Å². The molecule has 0 aromatic heterocycles. The minimum absolute atomic E-state index is 0.0961. The molecule has 108 valence electrons. The average Bonchev–Trinajstić information content (AvgIpc) is 2.50. The Morgan fingerprint density at radius 3 is 3.10 bits per heavy atom. The van der Waals surface area contributed by atoms with E-state index >= 15 is 0 Å². The van der Waals surface area contributed by atoms with Gasteiger partial charge in [-0.25, -0.2) is 0 Å². The number of para-hydroxylation sites is 2. The fraction of sp³-hybridized carbons (Fsp3) is 0.533. The van der Waals surface area contributed by atoms with E-state index in [9.17, 15) is 4.79 Å². The second kappa shape index (κ2) is 5.81. The number of anilines is 2. The molecular weight excluding hydrogens is 254 g/mol. The number of nitrogens with zero attached hydrogens (tertiary/aromatic N) is 2. The van der Waals surface area contributed by atoms with Crippen LogP contribution >= 0.6 is 0 Å². The molecule has 0 radical (unpaired) electrons. The number of rotatable bonds is 3. The lowest BCUT2D eigenvalue weighted by Gasteiger charge is -2.37. The summed E-state index contributed by atoms with van der Waals surface area (Å²) >= 11 is 0. The van der Waals surface area contributed by atoms with Gasteiger partial charge >= 0.3 is 0 Å². The molecule has 2 heterocycles. The third-order valence-electron chi connectivity index (χ3n) is 3.98. The summed E-state index contributed by atoms with van der Waals surface area (Å²) in [4.78, 5) is 16.4. The zero-order valence-corrected chi connectivity index (χ0v) is 11.8. The lowest BCUT2D eigenvalue weighted by molar-refractivity contribution is -0.118. The smallest absolute Gasteiger partial charge is 0.246 e. The molecule has 0 spiro atoms. The molecule has 20 heavy (non-hydrogen) atoms. The molecule has 1 atom stereocenters. The van der Waals surface area contributed by atoms with Gasteiger partial charge in [0.15, 0.2) is 0 Å². The molecule has 2 aliphatic heterocycles. The van der Waals surface area contributed by atoms with Gasteiger partial charge in [0.2, 0.25) is 5.91 Å². The molecule has 2 aliphatic rings. The number of amides is 1. The molecule has 1 N–H and O–H groups in total. The lowest BCUT2D eigenvalue weighted by Crippen LogP contribution is -2.50. The van der Waals surface area contributed by atoms with Crippen molar-refractivity contribution in [3.63, 3.8) is 0 Å². The predicted octanol–water partition coefficient (Wildman–Crippen LogP) is 1.17. The van der Waals surface area contributed by atoms with Crippen LogP contribution in [0.5, 0.6) is 0 Å². The van der Waals surface area contributed by atoms with E-state index in [4.69, 9.17) is 4.74 Å². The van der Waals surface area contributed by atoms with Crippen molar-refractivity contribution < 1.29 is 9.53 Å². The van der Waals surface area contributed by atoms with Crippen molar-refractivity contribution in [3.05, 3.63) is 24.3 Å². The molecule has 1 amide bonds. The molecule has 0 bridgehead atoms. The van der Waals surface area contributed by atoms with Crippen molar-refractivity contribution in [1.29, 1.82) is 0 Å². The van der Waals surface area contributed by atoms with Crippen molar-refractivity contribution in [2.75, 3.05) is 49.5 Å². The fourth-order valence-electron chi connectivity index (χ4n) is 2.84. The molecule has 0 saturated carbocycles. The first-order chi connectivity index (χ1) is 9.78. The third-order valence-corrected chi connectivity index (χ3v) is 3.98. The van der Waals surface area contributed by atoms with Crippen molar-refractivity contribution >= 4 is 17.3 Å². The van der Waals surface area contributed by atoms with Crippen molar-refractivity contribution in [2.45, 2.75) is 13.0 Å². The van der Waals surface area contributed by atoms with Gasteiger partial charge in [-0.05, 0) is 18.7 Å². The van der Waals surface area contributed by atoms with E-state index < -0.39 is 0 Å². The maximum atomic E-state index is 12.2. The Morgan fingerprint density at radius 2 is 2.25 bits per heavy atom. The van der Waals surface area contributed by atoms with Crippen LogP contribution in [0.25, 0.3) is 0 Å². The van der Waals surface area contributed by atoms with E-state index in [-0.39, 0.29) is 12.0 Å². The quantitative estimate of drug-likeness (QED) is 0.899. The summed E-state index contributed by atoms with van der Waals surface area (Å²) in [5, 5.41) is 3.16. The Bertz CT molecular complexity index is 492. The molecule has 1 saturated heterocycles. The molecule has 5 nitrogen and oxygen atoms in total. The van der Waals surface area contributed by atoms with Gasteiger partial charge in [0.05, 0.1) is 37.2 Å². The monoisotopic (exact) mass is 275 g/mol. The summed E-state index contributed by atoms with van der Waals surface area (Å²) in [6, 6.07) is 7.94. The highest BCUT2D eigenvalue weighted by atomic mass is 16.5. The van der Waals surface area contributed by atoms with Gasteiger partial charge in [0.25, 0.3) is 0 Å². The summed E-state index contributed by atoms with van der Waals surface area (Å²) < 4.78 is 5.82. The Morgan fingerprint density at radius 1 is 1.40 bits per heavy atom. The number of likely N-dealkylation sites (N-methyl/N-ethyl adjacent to an activating group) is 1. The fourth-order valence-corrected chi connectivity index (χ4v) is 2.84. The molecule has 1 fully saturated rings. The topological polar surface area (TPSA) is 44.8 Å². The molecule has 1 unspecified atom stereocenters. The number of hydrogen-bond donors (Lipinski definition) is 1. The Balaban J connectivity index is 1.74. The summed E-state index contributed by atoms with van der Waals surface area (Å²) in [5.74, 6) is 0.112. The van der Waals surface area contributed by atoms with E-state index in [1.54, 1.807) is 0 Å². The Labute approximate surface area is 119 Å². The van der Waals surface area contributed by atoms with Crippen LogP contribution in [0, 0.1) is 0 Å². The van der Waals surface area contributed by atoms with Gasteiger partial charge in [-0.3, -0.25) is 9.69 Å². The molecule has 0 aliphatic carbocycles. The van der Waals surface area contributed by atoms with E-state index in [2.05, 4.69) is 17.1 Å². The van der Waals surface area contributed by atoms with Crippen molar-refractivity contribution in [3.8, 4) is 0 Å². The van der Waals surface area contributed by atoms with Crippen molar-refractivity contribution in [2.24, 2.45) is 0 Å². The van der Waals surface area contributed by atoms with E-state index in [1.807, 2.05) is 29.2 Å². The maximum Gasteiger partial charge on any atom is 0.246 e. The second-order valence-corrected chi connectivity index (χ2v) is 5.26. The molecular formula is C15H21N3O2. The van der Waals surface area contributed by atoms with Crippen LogP contribution in [0.3, 0.4) is 0 Å². The number of fused-ring (bicyclic) bond motifs is 1. The minimum atomic E-state index is 0.0961. The summed E-state index contributed by atoms with van der Waals surface area (Å²) in [6.45, 7) is 6.82. The van der Waals surface area contributed by atoms with Crippen LogP contribution < -0.4 is 10.2 Å². The highest BCUT2D eigenvalue weighted by Crippen LogP contribution is 2.29. The number of nitrogens with one attached hydrogen (secondary N) is 1. The number of carbonyl (C=O) groups is 1. The zero-order chi connectivity index (χ0) is 13.9. The lowest BCUT2D eigenvalue weighted by atomic mass is 10.1. The number of carbonyl (C=O) groups excluding carboxylic acids is 1. The first-order valence-electron chi connectivity index (χ1n) is 7.25. The Kier molecular flexibility index (Phi) is 3.89. The summed E-state index contributed by atoms with van der Waals surface area (Å²) in [7, 11) is 0. The normalized spacial score (nSPS) is 23.4. The second-order valence-electron chi connectivity index (χ2n) is 5.26. The van der Waals surface area contributed by atoms with Crippen LogP contribution in [-0.2, 0) is 9.53 Å². The number of hydrogen-bond acceptors (Lipinski definition) is 4. The predicted molar refractivity (Wildman–Crippen MR) is 79.1 cm³/mol. The SMILES string of the molecule is CCN1CCOC(CN2C(=O)CNc3ccccc32)C1. The van der Waals surface area contributed by atoms with Gasteiger partial charge in [-0.2, -0.15) is 0 Å². The zero-order valence-electron chi connectivity index (χ0n) is 11.8. The number of ether oxygens (including phenoxy) is 1. The third kappa shape index (κ3) is 2.64. The van der Waals surface area contributed by atoms with Gasteiger partial charge in [0.1, 0.15) is 0 Å². The minimum Gasteiger partial charge on any atom is -0.374 e. The molecule has 5 heteroatoms. The van der Waals surface area contributed by atoms with Gasteiger partial charge in [-0.1, -0.05) is 19.1 Å². The summed E-state index contributed by atoms with van der Waals surface area (Å²) in [6.07, 6.45) is 0.0961. The van der Waals surface area contributed by atoms with Gasteiger partial charge in [0, 0.05) is 13.1 Å². The molecule has 3 rings (SSSR count). The van der Waals surface area contributed by atoms with Gasteiger partial charge in [-0.15, -0.1) is 0 Å². The van der Waals surface area contributed by atoms with E-state index in [0.717, 1.165) is 37.6 Å². The first-order valence-corrected chi connectivity index (χ1v) is 7.25. The highest BCUT2D eigenvalue weighted by molar-refractivity contribution is 6.02. The largest absolute Gasteiger partial charge is 0.374 e. The van der Waals surface area contributed by atoms with Crippen LogP contribution in [-0.4, -0.2) is 56.2 Å². The Hall–Kier alpha value is -1.59. The molecule has 1 aromatic carbocycles. The van der Waals surface area contributed by atoms with Crippen LogP contribution in [0.15, 0.2) is 24.3 Å². The van der Waals surface area contributed by atoms with Crippen LogP contribution in [0.4, 0.5) is 11.4 Å².